The van der Waals surface area contributed by atoms with E-state index >= 15 is 0 Å². The highest BCUT2D eigenvalue weighted by molar-refractivity contribution is 14.1. The second-order valence-electron chi connectivity index (χ2n) is 5.13. The third-order valence-corrected chi connectivity index (χ3v) is 4.17. The summed E-state index contributed by atoms with van der Waals surface area (Å²) in [6.45, 7) is 4.03. The van der Waals surface area contributed by atoms with Gasteiger partial charge in [-0.2, -0.15) is 0 Å². The number of nitrogens with one attached hydrogen (secondary N) is 2. The number of carbonyl (C=O) groups is 1. The highest BCUT2D eigenvalue weighted by Gasteiger charge is 2.10. The summed E-state index contributed by atoms with van der Waals surface area (Å²) in [5.41, 5.74) is 3.65. The first kappa shape index (κ1) is 17.7. The number of rotatable bonds is 3. The molecule has 0 aromatic heterocycles. The van der Waals surface area contributed by atoms with Gasteiger partial charge in [0.15, 0.2) is 5.11 Å². The molecule has 0 saturated heterocycles. The minimum Gasteiger partial charge on any atom is -0.496 e. The summed E-state index contributed by atoms with van der Waals surface area (Å²) in [6.07, 6.45) is 0. The van der Waals surface area contributed by atoms with Crippen molar-refractivity contribution >= 4 is 51.5 Å². The third kappa shape index (κ3) is 4.90. The van der Waals surface area contributed by atoms with Gasteiger partial charge in [0.1, 0.15) is 5.75 Å². The Morgan fingerprint density at radius 3 is 2.35 bits per heavy atom. The van der Waals surface area contributed by atoms with Crippen LogP contribution in [0.15, 0.2) is 36.4 Å². The van der Waals surface area contributed by atoms with Crippen molar-refractivity contribution in [1.29, 1.82) is 0 Å². The van der Waals surface area contributed by atoms with Crippen molar-refractivity contribution in [1.82, 2.24) is 5.32 Å². The van der Waals surface area contributed by atoms with Gasteiger partial charge in [-0.05, 0) is 90.1 Å². The predicted molar refractivity (Wildman–Crippen MR) is 105 cm³/mol. The Hall–Kier alpha value is -1.67. The fourth-order valence-electron chi connectivity index (χ4n) is 2.19. The predicted octanol–water partition coefficient (Wildman–Crippen LogP) is 4.04. The number of halogens is 1. The topological polar surface area (TPSA) is 50.4 Å². The zero-order chi connectivity index (χ0) is 17.0. The largest absolute Gasteiger partial charge is 0.496 e. The SMILES string of the molecule is COc1ccc(C(=O)NC(=S)Nc2cc(C)cc(C)c2)cc1I. The van der Waals surface area contributed by atoms with Gasteiger partial charge in [-0.25, -0.2) is 0 Å². The smallest absolute Gasteiger partial charge is 0.257 e. The molecule has 0 atom stereocenters. The van der Waals surface area contributed by atoms with Crippen LogP contribution in [-0.2, 0) is 0 Å². The maximum atomic E-state index is 12.2. The average Bonchev–Trinajstić information content (AvgIpc) is 2.45. The molecule has 0 bridgehead atoms. The van der Waals surface area contributed by atoms with Crippen molar-refractivity contribution in [3.8, 4) is 5.75 Å². The van der Waals surface area contributed by atoms with E-state index in [2.05, 4.69) is 39.3 Å². The highest BCUT2D eigenvalue weighted by atomic mass is 127. The molecular weight excluding hydrogens is 423 g/mol. The van der Waals surface area contributed by atoms with E-state index in [0.29, 0.717) is 5.56 Å². The van der Waals surface area contributed by atoms with Crippen LogP contribution in [0.2, 0.25) is 0 Å². The van der Waals surface area contributed by atoms with Crippen LogP contribution in [0.25, 0.3) is 0 Å². The molecule has 0 unspecified atom stereocenters. The minimum absolute atomic E-state index is 0.257. The highest BCUT2D eigenvalue weighted by Crippen LogP contribution is 2.21. The van der Waals surface area contributed by atoms with Crippen molar-refractivity contribution in [2.24, 2.45) is 0 Å². The lowest BCUT2D eigenvalue weighted by atomic mass is 10.1. The number of thiocarbonyl (C=S) groups is 1. The van der Waals surface area contributed by atoms with Crippen LogP contribution in [0.1, 0.15) is 21.5 Å². The number of amides is 1. The second-order valence-corrected chi connectivity index (χ2v) is 6.70. The van der Waals surface area contributed by atoms with E-state index in [-0.39, 0.29) is 11.0 Å². The Bertz CT molecular complexity index is 742. The van der Waals surface area contributed by atoms with Gasteiger partial charge in [0.25, 0.3) is 5.91 Å². The molecule has 0 aliphatic heterocycles. The van der Waals surface area contributed by atoms with E-state index < -0.39 is 0 Å². The van der Waals surface area contributed by atoms with E-state index in [1.807, 2.05) is 26.0 Å². The molecule has 0 aliphatic carbocycles. The number of methoxy groups -OCH3 is 1. The molecule has 0 radical (unpaired) electrons. The summed E-state index contributed by atoms with van der Waals surface area (Å²) >= 11 is 7.34. The summed E-state index contributed by atoms with van der Waals surface area (Å²) in [4.78, 5) is 12.2. The molecule has 1 amide bonds. The van der Waals surface area contributed by atoms with Crippen molar-refractivity contribution in [3.05, 3.63) is 56.7 Å². The van der Waals surface area contributed by atoms with Crippen molar-refractivity contribution < 1.29 is 9.53 Å². The van der Waals surface area contributed by atoms with E-state index in [1.165, 1.54) is 0 Å². The fraction of sp³-hybridized carbons (Fsp3) is 0.176. The average molecular weight is 440 g/mol. The lowest BCUT2D eigenvalue weighted by Crippen LogP contribution is -2.34. The van der Waals surface area contributed by atoms with Crippen molar-refractivity contribution in [3.63, 3.8) is 0 Å². The molecule has 2 aromatic carbocycles. The van der Waals surface area contributed by atoms with Crippen molar-refractivity contribution in [2.45, 2.75) is 13.8 Å². The summed E-state index contributed by atoms with van der Waals surface area (Å²) < 4.78 is 6.05. The third-order valence-electron chi connectivity index (χ3n) is 3.12. The van der Waals surface area contributed by atoms with Gasteiger partial charge in [0.2, 0.25) is 0 Å². The Morgan fingerprint density at radius 1 is 1.13 bits per heavy atom. The lowest BCUT2D eigenvalue weighted by Gasteiger charge is -2.11. The van der Waals surface area contributed by atoms with Crippen LogP contribution in [-0.4, -0.2) is 18.1 Å². The van der Waals surface area contributed by atoms with E-state index in [9.17, 15) is 4.79 Å². The van der Waals surface area contributed by atoms with Crippen LogP contribution in [0.4, 0.5) is 5.69 Å². The van der Waals surface area contributed by atoms with Crippen LogP contribution in [0.3, 0.4) is 0 Å². The Kier molecular flexibility index (Phi) is 5.95. The number of carbonyl (C=O) groups excluding carboxylic acids is 1. The molecule has 2 rings (SSSR count). The summed E-state index contributed by atoms with van der Waals surface area (Å²) in [6, 6.07) is 11.2. The van der Waals surface area contributed by atoms with Gasteiger partial charge in [-0.3, -0.25) is 10.1 Å². The van der Waals surface area contributed by atoms with Crippen LogP contribution >= 0.6 is 34.8 Å². The molecule has 0 spiro atoms. The fourth-order valence-corrected chi connectivity index (χ4v) is 3.14. The molecule has 23 heavy (non-hydrogen) atoms. The monoisotopic (exact) mass is 440 g/mol. The Balaban J connectivity index is 2.04. The lowest BCUT2D eigenvalue weighted by molar-refractivity contribution is 0.0977. The normalized spacial score (nSPS) is 10.1. The Labute approximate surface area is 154 Å². The molecule has 6 heteroatoms. The summed E-state index contributed by atoms with van der Waals surface area (Å²) in [5, 5.41) is 5.99. The number of hydrogen-bond acceptors (Lipinski definition) is 3. The summed E-state index contributed by atoms with van der Waals surface area (Å²) in [5.74, 6) is 0.477. The number of hydrogen-bond donors (Lipinski definition) is 2. The number of anilines is 1. The first-order valence-corrected chi connectivity index (χ1v) is 8.42. The van der Waals surface area contributed by atoms with Gasteiger partial charge in [0.05, 0.1) is 10.7 Å². The maximum Gasteiger partial charge on any atom is 0.257 e. The quantitative estimate of drug-likeness (QED) is 0.559. The minimum atomic E-state index is -0.257. The van der Waals surface area contributed by atoms with Crippen molar-refractivity contribution in [2.75, 3.05) is 12.4 Å². The molecule has 0 saturated carbocycles. The first-order valence-electron chi connectivity index (χ1n) is 6.93. The second kappa shape index (κ2) is 7.74. The van der Waals surface area contributed by atoms with E-state index in [0.717, 1.165) is 26.1 Å². The molecular formula is C17H17IN2O2S. The zero-order valence-corrected chi connectivity index (χ0v) is 16.0. The van der Waals surface area contributed by atoms with E-state index in [1.54, 1.807) is 25.3 Å². The van der Waals surface area contributed by atoms with Gasteiger partial charge >= 0.3 is 0 Å². The molecule has 2 aromatic rings. The number of aryl methyl sites for hydroxylation is 2. The molecule has 0 heterocycles. The van der Waals surface area contributed by atoms with Gasteiger partial charge in [-0.15, -0.1) is 0 Å². The van der Waals surface area contributed by atoms with Gasteiger partial charge in [-0.1, -0.05) is 6.07 Å². The van der Waals surface area contributed by atoms with Crippen LogP contribution in [0.5, 0.6) is 5.75 Å². The molecule has 120 valence electrons. The van der Waals surface area contributed by atoms with Crippen LogP contribution < -0.4 is 15.4 Å². The summed E-state index contributed by atoms with van der Waals surface area (Å²) in [7, 11) is 1.60. The maximum absolute atomic E-state index is 12.2. The first-order chi connectivity index (χ1) is 10.9. The van der Waals surface area contributed by atoms with Gasteiger partial charge < -0.3 is 10.1 Å². The standard InChI is InChI=1S/C17H17IN2O2S/c1-10-6-11(2)8-13(7-10)19-17(23)20-16(21)12-4-5-15(22-3)14(18)9-12/h4-9H,1-3H3,(H2,19,20,21,23). The van der Waals surface area contributed by atoms with E-state index in [4.69, 9.17) is 17.0 Å². The zero-order valence-electron chi connectivity index (χ0n) is 13.1. The van der Waals surface area contributed by atoms with Gasteiger partial charge in [0, 0.05) is 11.3 Å². The molecule has 4 nitrogen and oxygen atoms in total. The molecule has 0 aliphatic rings. The molecule has 2 N–H and O–H groups in total. The Morgan fingerprint density at radius 2 is 1.78 bits per heavy atom. The number of ether oxygens (including phenoxy) is 1. The number of benzene rings is 2. The van der Waals surface area contributed by atoms with Crippen LogP contribution in [0, 0.1) is 17.4 Å². The molecule has 0 fully saturated rings.